The molecule has 19 heavy (non-hydrogen) atoms. The molecule has 0 aromatic heterocycles. The number of rotatable bonds is 5. The molecule has 102 valence electrons. The molecular formula is C15H18O4. The van der Waals surface area contributed by atoms with Crippen molar-refractivity contribution in [1.82, 2.24) is 0 Å². The summed E-state index contributed by atoms with van der Waals surface area (Å²) in [4.78, 5) is 21.8. The van der Waals surface area contributed by atoms with Crippen LogP contribution in [0.15, 0.2) is 30.3 Å². The van der Waals surface area contributed by atoms with Crippen molar-refractivity contribution in [3.63, 3.8) is 0 Å². The van der Waals surface area contributed by atoms with E-state index in [1.807, 2.05) is 24.3 Å². The second-order valence-corrected chi connectivity index (χ2v) is 4.04. The predicted molar refractivity (Wildman–Crippen MR) is 72.2 cm³/mol. The standard InChI is InChI=1S/C15H18O4/c1-4-13-6-5-7-14(10-13)8-9-15(18-11(2)16)19-12(3)17/h5-10,15H,4H2,1-3H3/b9-8+. The Morgan fingerprint density at radius 2 is 1.84 bits per heavy atom. The number of esters is 2. The predicted octanol–water partition coefficient (Wildman–Crippen LogP) is 2.71. The van der Waals surface area contributed by atoms with Crippen LogP contribution in [-0.4, -0.2) is 18.2 Å². The van der Waals surface area contributed by atoms with Crippen LogP contribution in [0, 0.1) is 0 Å². The van der Waals surface area contributed by atoms with Crippen LogP contribution in [0.4, 0.5) is 0 Å². The summed E-state index contributed by atoms with van der Waals surface area (Å²) in [7, 11) is 0. The zero-order valence-electron chi connectivity index (χ0n) is 11.4. The van der Waals surface area contributed by atoms with Gasteiger partial charge in [0.25, 0.3) is 6.29 Å². The fourth-order valence-corrected chi connectivity index (χ4v) is 1.54. The molecule has 0 fully saturated rings. The highest BCUT2D eigenvalue weighted by Gasteiger charge is 2.10. The molecule has 0 aliphatic heterocycles. The average molecular weight is 262 g/mol. The second-order valence-electron chi connectivity index (χ2n) is 4.04. The largest absolute Gasteiger partial charge is 0.421 e. The Bertz CT molecular complexity index is 461. The third-order valence-corrected chi connectivity index (χ3v) is 2.37. The third-order valence-electron chi connectivity index (χ3n) is 2.37. The second kappa shape index (κ2) is 7.36. The van der Waals surface area contributed by atoms with E-state index in [0.29, 0.717) is 0 Å². The topological polar surface area (TPSA) is 52.6 Å². The highest BCUT2D eigenvalue weighted by molar-refractivity contribution is 5.68. The molecule has 1 aromatic rings. The van der Waals surface area contributed by atoms with Gasteiger partial charge in [-0.25, -0.2) is 0 Å². The van der Waals surface area contributed by atoms with E-state index in [-0.39, 0.29) is 0 Å². The van der Waals surface area contributed by atoms with Gasteiger partial charge in [0.1, 0.15) is 0 Å². The number of carbonyl (C=O) groups excluding carboxylic acids is 2. The minimum absolute atomic E-state index is 0.502. The lowest BCUT2D eigenvalue weighted by Gasteiger charge is -2.12. The molecule has 4 heteroatoms. The van der Waals surface area contributed by atoms with E-state index < -0.39 is 18.2 Å². The molecule has 0 aliphatic rings. The van der Waals surface area contributed by atoms with Crippen molar-refractivity contribution in [2.24, 2.45) is 0 Å². The van der Waals surface area contributed by atoms with Gasteiger partial charge >= 0.3 is 11.9 Å². The molecule has 0 saturated heterocycles. The Morgan fingerprint density at radius 3 is 2.37 bits per heavy atom. The van der Waals surface area contributed by atoms with Gasteiger partial charge in [-0.15, -0.1) is 0 Å². The van der Waals surface area contributed by atoms with Crippen molar-refractivity contribution in [2.75, 3.05) is 0 Å². The number of carbonyl (C=O) groups is 2. The molecular weight excluding hydrogens is 244 g/mol. The average Bonchev–Trinajstić information content (AvgIpc) is 2.35. The van der Waals surface area contributed by atoms with Crippen LogP contribution < -0.4 is 0 Å². The highest BCUT2D eigenvalue weighted by Crippen LogP contribution is 2.09. The Labute approximate surface area is 113 Å². The molecule has 0 spiro atoms. The van der Waals surface area contributed by atoms with Crippen LogP contribution in [-0.2, 0) is 25.5 Å². The summed E-state index contributed by atoms with van der Waals surface area (Å²) in [5, 5.41) is 0. The van der Waals surface area contributed by atoms with E-state index in [9.17, 15) is 9.59 Å². The van der Waals surface area contributed by atoms with E-state index in [1.54, 1.807) is 6.08 Å². The smallest absolute Gasteiger partial charge is 0.305 e. The first kappa shape index (κ1) is 15.0. The summed E-state index contributed by atoms with van der Waals surface area (Å²) in [6.45, 7) is 4.60. The normalized spacial score (nSPS) is 10.7. The molecule has 0 heterocycles. The van der Waals surface area contributed by atoms with Gasteiger partial charge in [0.2, 0.25) is 0 Å². The van der Waals surface area contributed by atoms with Gasteiger partial charge in [0.15, 0.2) is 0 Å². The molecule has 0 saturated carbocycles. The molecule has 0 N–H and O–H groups in total. The summed E-state index contributed by atoms with van der Waals surface area (Å²) in [5.41, 5.74) is 2.17. The van der Waals surface area contributed by atoms with Crippen LogP contribution >= 0.6 is 0 Å². The van der Waals surface area contributed by atoms with E-state index in [4.69, 9.17) is 9.47 Å². The van der Waals surface area contributed by atoms with Gasteiger partial charge < -0.3 is 9.47 Å². The zero-order chi connectivity index (χ0) is 14.3. The SMILES string of the molecule is CCc1cccc(/C=C/C(OC(C)=O)OC(C)=O)c1. The molecule has 0 aliphatic carbocycles. The third kappa shape index (κ3) is 5.86. The number of ether oxygens (including phenoxy) is 2. The van der Waals surface area contributed by atoms with Gasteiger partial charge in [-0.05, 0) is 23.6 Å². The summed E-state index contributed by atoms with van der Waals surface area (Å²) < 4.78 is 9.74. The number of hydrogen-bond donors (Lipinski definition) is 0. The number of hydrogen-bond acceptors (Lipinski definition) is 4. The lowest BCUT2D eigenvalue weighted by Crippen LogP contribution is -2.19. The Balaban J connectivity index is 2.78. The minimum atomic E-state index is -0.986. The van der Waals surface area contributed by atoms with E-state index in [0.717, 1.165) is 12.0 Å². The van der Waals surface area contributed by atoms with Gasteiger partial charge in [0, 0.05) is 13.8 Å². The summed E-state index contributed by atoms with van der Waals surface area (Å²) in [6, 6.07) is 7.93. The van der Waals surface area contributed by atoms with Gasteiger partial charge in [0.05, 0.1) is 0 Å². The van der Waals surface area contributed by atoms with Crippen LogP contribution in [0.3, 0.4) is 0 Å². The maximum absolute atomic E-state index is 10.9. The zero-order valence-corrected chi connectivity index (χ0v) is 11.4. The maximum atomic E-state index is 10.9. The lowest BCUT2D eigenvalue weighted by molar-refractivity contribution is -0.176. The summed E-state index contributed by atoms with van der Waals surface area (Å²) in [5.74, 6) is -1.00. The molecule has 0 amide bonds. The lowest BCUT2D eigenvalue weighted by atomic mass is 10.1. The van der Waals surface area contributed by atoms with Gasteiger partial charge in [-0.3, -0.25) is 9.59 Å². The van der Waals surface area contributed by atoms with Crippen LogP contribution in [0.1, 0.15) is 31.9 Å². The van der Waals surface area contributed by atoms with E-state index >= 15 is 0 Å². The monoisotopic (exact) mass is 262 g/mol. The highest BCUT2D eigenvalue weighted by atomic mass is 16.7. The summed E-state index contributed by atoms with van der Waals surface area (Å²) in [6.07, 6.45) is 3.26. The summed E-state index contributed by atoms with van der Waals surface area (Å²) >= 11 is 0. The van der Waals surface area contributed by atoms with Crippen molar-refractivity contribution in [2.45, 2.75) is 33.5 Å². The van der Waals surface area contributed by atoms with Crippen molar-refractivity contribution >= 4 is 18.0 Å². The first-order chi connectivity index (χ1) is 9.01. The van der Waals surface area contributed by atoms with Crippen molar-refractivity contribution < 1.29 is 19.1 Å². The molecule has 0 atom stereocenters. The fourth-order valence-electron chi connectivity index (χ4n) is 1.54. The minimum Gasteiger partial charge on any atom is -0.421 e. The van der Waals surface area contributed by atoms with Crippen LogP contribution in [0.5, 0.6) is 0 Å². The first-order valence-electron chi connectivity index (χ1n) is 6.13. The van der Waals surface area contributed by atoms with E-state index in [2.05, 4.69) is 6.92 Å². The Hall–Kier alpha value is -2.10. The molecule has 0 bridgehead atoms. The molecule has 4 nitrogen and oxygen atoms in total. The van der Waals surface area contributed by atoms with E-state index in [1.165, 1.54) is 25.5 Å². The Kier molecular flexibility index (Phi) is 5.79. The molecule has 0 radical (unpaired) electrons. The van der Waals surface area contributed by atoms with Crippen molar-refractivity contribution in [1.29, 1.82) is 0 Å². The van der Waals surface area contributed by atoms with Crippen molar-refractivity contribution in [3.8, 4) is 0 Å². The van der Waals surface area contributed by atoms with Gasteiger partial charge in [-0.1, -0.05) is 37.3 Å². The molecule has 1 aromatic carbocycles. The van der Waals surface area contributed by atoms with Crippen LogP contribution in [0.25, 0.3) is 6.08 Å². The number of benzene rings is 1. The first-order valence-corrected chi connectivity index (χ1v) is 6.13. The maximum Gasteiger partial charge on any atom is 0.305 e. The van der Waals surface area contributed by atoms with Crippen LogP contribution in [0.2, 0.25) is 0 Å². The van der Waals surface area contributed by atoms with Gasteiger partial charge in [-0.2, -0.15) is 0 Å². The van der Waals surface area contributed by atoms with Crippen molar-refractivity contribution in [3.05, 3.63) is 41.5 Å². The fraction of sp³-hybridized carbons (Fsp3) is 0.333. The Morgan fingerprint density at radius 1 is 1.21 bits per heavy atom. The molecule has 1 rings (SSSR count). The number of aryl methyl sites for hydroxylation is 1. The molecule has 0 unspecified atom stereocenters. The quantitative estimate of drug-likeness (QED) is 0.604.